The lowest BCUT2D eigenvalue weighted by atomic mass is 9.72. The van der Waals surface area contributed by atoms with E-state index in [4.69, 9.17) is 14.8 Å². The number of pyridine rings is 1. The van der Waals surface area contributed by atoms with E-state index < -0.39 is 11.6 Å². The predicted octanol–water partition coefficient (Wildman–Crippen LogP) is 8.54. The van der Waals surface area contributed by atoms with Crippen LogP contribution in [0.25, 0.3) is 21.3 Å². The molecule has 9 nitrogen and oxygen atoms in total. The molecule has 254 valence electrons. The van der Waals surface area contributed by atoms with Gasteiger partial charge in [0.1, 0.15) is 11.4 Å². The maximum absolute atomic E-state index is 13.7. The molecule has 0 saturated heterocycles. The Hall–Kier alpha value is -4.57. The number of nitrogens with zero attached hydrogens (tertiary/aromatic N) is 5. The Balaban J connectivity index is 1.15. The van der Waals surface area contributed by atoms with E-state index in [1.165, 1.54) is 37.0 Å². The molecule has 1 aliphatic carbocycles. The summed E-state index contributed by atoms with van der Waals surface area (Å²) in [5.74, 6) is 0.578. The largest absolute Gasteiger partial charge is 0.455 e. The first kappa shape index (κ1) is 33.0. The van der Waals surface area contributed by atoms with Crippen molar-refractivity contribution in [1.82, 2.24) is 19.7 Å². The van der Waals surface area contributed by atoms with Gasteiger partial charge < -0.3 is 9.64 Å². The standard InChI is InChI=1S/C39H44N6O3S/c1-38(2,3)48-36(47)34-28(27-21-40-45(23-27)22-25-10-9-18-39(4,5)20-25)15-16-33(42-34)44-19-17-26-11-8-12-29(30(26)24-44)35(46)43-37-41-31-13-6-7-14-32(31)49-37/h6-8,11-16,21,23,25H,9-10,17-20,22,24H2,1-5H3,(H,41,43,46). The van der Waals surface area contributed by atoms with Crippen LogP contribution in [-0.4, -0.2) is 43.8 Å². The van der Waals surface area contributed by atoms with Gasteiger partial charge in [-0.15, -0.1) is 0 Å². The number of esters is 1. The minimum absolute atomic E-state index is 0.190. The van der Waals surface area contributed by atoms with Crippen molar-refractivity contribution in [2.45, 2.75) is 85.4 Å². The zero-order chi connectivity index (χ0) is 34.3. The number of hydrogen-bond donors (Lipinski definition) is 1. The van der Waals surface area contributed by atoms with Gasteiger partial charge in [0.25, 0.3) is 5.91 Å². The maximum Gasteiger partial charge on any atom is 0.358 e. The highest BCUT2D eigenvalue weighted by molar-refractivity contribution is 7.22. The number of thiazole rings is 1. The molecule has 0 bridgehead atoms. The fourth-order valence-corrected chi connectivity index (χ4v) is 8.16. The van der Waals surface area contributed by atoms with Crippen molar-refractivity contribution in [3.63, 3.8) is 0 Å². The number of fused-ring (bicyclic) bond motifs is 2. The van der Waals surface area contributed by atoms with Crippen LogP contribution in [0.5, 0.6) is 0 Å². The molecule has 1 aliphatic heterocycles. The second-order valence-corrected chi connectivity index (χ2v) is 16.2. The van der Waals surface area contributed by atoms with Gasteiger partial charge in [-0.2, -0.15) is 5.10 Å². The minimum Gasteiger partial charge on any atom is -0.455 e. The Morgan fingerprint density at radius 3 is 2.69 bits per heavy atom. The second kappa shape index (κ2) is 13.0. The van der Waals surface area contributed by atoms with Crippen LogP contribution in [0.4, 0.5) is 10.9 Å². The number of hydrogen-bond acceptors (Lipinski definition) is 8. The Labute approximate surface area is 291 Å². The molecule has 7 rings (SSSR count). The van der Waals surface area contributed by atoms with Crippen molar-refractivity contribution in [2.75, 3.05) is 16.8 Å². The SMILES string of the molecule is CC1(C)CCCC(Cn2cc(-c3ccc(N4CCc5cccc(C(=O)Nc6nc7ccccc7s6)c5C4)nc3C(=O)OC(C)(C)C)cn2)C1. The lowest BCUT2D eigenvalue weighted by Gasteiger charge is -2.35. The van der Waals surface area contributed by atoms with Gasteiger partial charge in [0.2, 0.25) is 0 Å². The zero-order valence-electron chi connectivity index (χ0n) is 29.0. The smallest absolute Gasteiger partial charge is 0.358 e. The molecule has 1 fully saturated rings. The van der Waals surface area contributed by atoms with E-state index in [1.807, 2.05) is 86.4 Å². The number of carbonyl (C=O) groups excluding carboxylic acids is 2. The highest BCUT2D eigenvalue weighted by Crippen LogP contribution is 2.39. The Bertz CT molecular complexity index is 1990. The monoisotopic (exact) mass is 676 g/mol. The molecular formula is C39H44N6O3S. The Morgan fingerprint density at radius 2 is 1.90 bits per heavy atom. The maximum atomic E-state index is 13.7. The van der Waals surface area contributed by atoms with Gasteiger partial charge >= 0.3 is 5.97 Å². The number of nitrogens with one attached hydrogen (secondary N) is 1. The van der Waals surface area contributed by atoms with E-state index in [1.54, 1.807) is 0 Å². The Kier molecular flexibility index (Phi) is 8.77. The molecule has 0 spiro atoms. The van der Waals surface area contributed by atoms with Crippen LogP contribution in [0.1, 0.15) is 92.3 Å². The summed E-state index contributed by atoms with van der Waals surface area (Å²) in [4.78, 5) is 38.9. The van der Waals surface area contributed by atoms with Gasteiger partial charge in [0, 0.05) is 42.5 Å². The molecule has 3 aromatic heterocycles. The van der Waals surface area contributed by atoms with Crippen molar-refractivity contribution in [3.05, 3.63) is 89.4 Å². The summed E-state index contributed by atoms with van der Waals surface area (Å²) in [7, 11) is 0. The molecule has 1 amide bonds. The third-order valence-electron chi connectivity index (χ3n) is 9.53. The fourth-order valence-electron chi connectivity index (χ4n) is 7.30. The minimum atomic E-state index is -0.681. The molecular weight excluding hydrogens is 633 g/mol. The average molecular weight is 677 g/mol. The zero-order valence-corrected chi connectivity index (χ0v) is 29.8. The van der Waals surface area contributed by atoms with Gasteiger partial charge in [-0.3, -0.25) is 14.8 Å². The highest BCUT2D eigenvalue weighted by Gasteiger charge is 2.30. The topological polar surface area (TPSA) is 102 Å². The lowest BCUT2D eigenvalue weighted by Crippen LogP contribution is -2.33. The first-order valence-corrected chi connectivity index (χ1v) is 18.0. The van der Waals surface area contributed by atoms with Gasteiger partial charge in [-0.1, -0.05) is 55.9 Å². The van der Waals surface area contributed by atoms with E-state index in [0.29, 0.717) is 46.5 Å². The molecule has 1 saturated carbocycles. The van der Waals surface area contributed by atoms with Crippen molar-refractivity contribution in [2.24, 2.45) is 11.3 Å². The number of amides is 1. The number of benzene rings is 2. The third kappa shape index (κ3) is 7.39. The van der Waals surface area contributed by atoms with E-state index in [9.17, 15) is 9.59 Å². The number of carbonyl (C=O) groups is 2. The van der Waals surface area contributed by atoms with E-state index in [2.05, 4.69) is 35.1 Å². The Morgan fingerprint density at radius 1 is 1.06 bits per heavy atom. The third-order valence-corrected chi connectivity index (χ3v) is 10.5. The molecule has 1 atom stereocenters. The molecule has 1 unspecified atom stereocenters. The molecule has 10 heteroatoms. The quantitative estimate of drug-likeness (QED) is 0.172. The summed E-state index contributed by atoms with van der Waals surface area (Å²) in [5, 5.41) is 8.29. The molecule has 4 heterocycles. The van der Waals surface area contributed by atoms with Gasteiger partial charge in [-0.25, -0.2) is 14.8 Å². The first-order valence-electron chi connectivity index (χ1n) is 17.2. The molecule has 2 aromatic carbocycles. The number of para-hydroxylation sites is 1. The summed E-state index contributed by atoms with van der Waals surface area (Å²) < 4.78 is 8.89. The van der Waals surface area contributed by atoms with Crippen molar-refractivity contribution in [1.29, 1.82) is 0 Å². The van der Waals surface area contributed by atoms with Crippen LogP contribution in [0.15, 0.2) is 67.0 Å². The molecule has 2 aliphatic rings. The van der Waals surface area contributed by atoms with Gasteiger partial charge in [0.15, 0.2) is 10.8 Å². The number of rotatable bonds is 7. The summed E-state index contributed by atoms with van der Waals surface area (Å²) in [5.41, 5.74) is 5.03. The molecule has 1 N–H and O–H groups in total. The second-order valence-electron chi connectivity index (χ2n) is 15.2. The molecule has 49 heavy (non-hydrogen) atoms. The van der Waals surface area contributed by atoms with Crippen LogP contribution < -0.4 is 10.2 Å². The van der Waals surface area contributed by atoms with Crippen LogP contribution in [0.3, 0.4) is 0 Å². The molecule has 5 aromatic rings. The fraction of sp³-hybridized carbons (Fsp3) is 0.410. The summed E-state index contributed by atoms with van der Waals surface area (Å²) in [6.07, 6.45) is 9.51. The van der Waals surface area contributed by atoms with Crippen molar-refractivity contribution < 1.29 is 14.3 Å². The van der Waals surface area contributed by atoms with Crippen LogP contribution in [-0.2, 0) is 24.2 Å². The van der Waals surface area contributed by atoms with Gasteiger partial charge in [0.05, 0.1) is 16.4 Å². The number of ether oxygens (including phenoxy) is 1. The average Bonchev–Trinajstić information content (AvgIpc) is 3.69. The summed E-state index contributed by atoms with van der Waals surface area (Å²) >= 11 is 1.46. The van der Waals surface area contributed by atoms with Gasteiger partial charge in [-0.05, 0) is 99.2 Å². The first-order chi connectivity index (χ1) is 23.4. The van der Waals surface area contributed by atoms with Crippen LogP contribution in [0, 0.1) is 11.3 Å². The predicted molar refractivity (Wildman–Crippen MR) is 195 cm³/mol. The van der Waals surface area contributed by atoms with E-state index >= 15 is 0 Å². The highest BCUT2D eigenvalue weighted by atomic mass is 32.1. The summed E-state index contributed by atoms with van der Waals surface area (Å²) in [6.45, 7) is 12.3. The lowest BCUT2D eigenvalue weighted by molar-refractivity contribution is 0.00638. The van der Waals surface area contributed by atoms with E-state index in [0.717, 1.165) is 39.9 Å². The van der Waals surface area contributed by atoms with Crippen molar-refractivity contribution in [3.8, 4) is 11.1 Å². The van der Waals surface area contributed by atoms with Crippen molar-refractivity contribution >= 4 is 44.4 Å². The molecule has 0 radical (unpaired) electrons. The van der Waals surface area contributed by atoms with Crippen LogP contribution >= 0.6 is 11.3 Å². The summed E-state index contributed by atoms with van der Waals surface area (Å²) in [6, 6.07) is 17.6. The van der Waals surface area contributed by atoms with Crippen LogP contribution in [0.2, 0.25) is 0 Å². The number of anilines is 2. The number of aromatic nitrogens is 4. The van der Waals surface area contributed by atoms with E-state index in [-0.39, 0.29) is 11.6 Å². The normalized spacial score (nSPS) is 17.5.